The molecule has 0 amide bonds. The molecule has 2 aromatic rings. The van der Waals surface area contributed by atoms with Crippen molar-refractivity contribution < 1.29 is 4.74 Å². The van der Waals surface area contributed by atoms with Crippen molar-refractivity contribution in [1.82, 2.24) is 19.7 Å². The highest BCUT2D eigenvalue weighted by Gasteiger charge is 2.25. The summed E-state index contributed by atoms with van der Waals surface area (Å²) in [6, 6.07) is 8.70. The van der Waals surface area contributed by atoms with Crippen LogP contribution in [-0.2, 0) is 13.6 Å². The number of rotatable bonds is 4. The first-order valence-electron chi connectivity index (χ1n) is 7.50. The minimum Gasteiger partial charge on any atom is -0.480 e. The highest BCUT2D eigenvalue weighted by molar-refractivity contribution is 5.15. The normalized spacial score (nSPS) is 19.6. The van der Waals surface area contributed by atoms with Crippen molar-refractivity contribution in [2.45, 2.75) is 31.8 Å². The lowest BCUT2D eigenvalue weighted by Gasteiger charge is -2.35. The van der Waals surface area contributed by atoms with Crippen molar-refractivity contribution in [3.8, 4) is 5.88 Å². The predicted molar refractivity (Wildman–Crippen MR) is 81.0 cm³/mol. The van der Waals surface area contributed by atoms with Crippen LogP contribution in [0.4, 0.5) is 0 Å². The molecular weight excluding hydrogens is 264 g/mol. The molecule has 2 aromatic heterocycles. The summed E-state index contributed by atoms with van der Waals surface area (Å²) < 4.78 is 7.29. The first kappa shape index (κ1) is 14.1. The molecule has 112 valence electrons. The maximum atomic E-state index is 5.06. The van der Waals surface area contributed by atoms with E-state index in [4.69, 9.17) is 4.74 Å². The van der Waals surface area contributed by atoms with Crippen molar-refractivity contribution in [2.75, 3.05) is 13.7 Å². The topological polar surface area (TPSA) is 43.2 Å². The summed E-state index contributed by atoms with van der Waals surface area (Å²) in [7, 11) is 3.73. The molecule has 0 spiro atoms. The smallest absolute Gasteiger partial charge is 0.233 e. The number of aryl methyl sites for hydroxylation is 1. The SMILES string of the molecule is COc1ccc(CN2CCCC[C@@H]2c2cccn2C)nn1. The minimum atomic E-state index is 0.475. The molecule has 5 heteroatoms. The highest BCUT2D eigenvalue weighted by atomic mass is 16.5. The van der Waals surface area contributed by atoms with Crippen LogP contribution in [-0.4, -0.2) is 33.3 Å². The Bertz CT molecular complexity index is 578. The van der Waals surface area contributed by atoms with Gasteiger partial charge in [0.2, 0.25) is 5.88 Å². The monoisotopic (exact) mass is 286 g/mol. The number of nitrogens with zero attached hydrogens (tertiary/aromatic N) is 4. The lowest BCUT2D eigenvalue weighted by Crippen LogP contribution is -2.34. The van der Waals surface area contributed by atoms with Gasteiger partial charge in [-0.3, -0.25) is 4.90 Å². The Morgan fingerprint density at radius 1 is 1.24 bits per heavy atom. The maximum Gasteiger partial charge on any atom is 0.233 e. The van der Waals surface area contributed by atoms with E-state index in [1.165, 1.54) is 25.0 Å². The summed E-state index contributed by atoms with van der Waals surface area (Å²) in [5, 5.41) is 8.32. The van der Waals surface area contributed by atoms with Gasteiger partial charge in [-0.05, 0) is 37.6 Å². The highest BCUT2D eigenvalue weighted by Crippen LogP contribution is 2.31. The maximum absolute atomic E-state index is 5.06. The van der Waals surface area contributed by atoms with Gasteiger partial charge in [-0.25, -0.2) is 0 Å². The zero-order chi connectivity index (χ0) is 14.7. The van der Waals surface area contributed by atoms with Gasteiger partial charge in [-0.1, -0.05) is 6.42 Å². The molecule has 3 heterocycles. The minimum absolute atomic E-state index is 0.475. The summed E-state index contributed by atoms with van der Waals surface area (Å²) in [4.78, 5) is 2.51. The van der Waals surface area contributed by atoms with Crippen molar-refractivity contribution >= 4 is 0 Å². The first-order valence-corrected chi connectivity index (χ1v) is 7.50. The third kappa shape index (κ3) is 3.08. The third-order valence-electron chi connectivity index (χ3n) is 4.21. The Hall–Kier alpha value is -1.88. The van der Waals surface area contributed by atoms with Crippen LogP contribution in [0, 0.1) is 0 Å². The first-order chi connectivity index (χ1) is 10.3. The lowest BCUT2D eigenvalue weighted by molar-refractivity contribution is 0.133. The number of aromatic nitrogens is 3. The number of piperidine rings is 1. The molecular formula is C16H22N4O. The number of hydrogen-bond acceptors (Lipinski definition) is 4. The van der Waals surface area contributed by atoms with Gasteiger partial charge in [0, 0.05) is 31.5 Å². The summed E-state index contributed by atoms with van der Waals surface area (Å²) in [6.07, 6.45) is 5.88. The quantitative estimate of drug-likeness (QED) is 0.866. The lowest BCUT2D eigenvalue weighted by atomic mass is 9.99. The molecule has 1 aliphatic heterocycles. The van der Waals surface area contributed by atoms with Gasteiger partial charge in [0.1, 0.15) is 0 Å². The van der Waals surface area contributed by atoms with Crippen LogP contribution >= 0.6 is 0 Å². The van der Waals surface area contributed by atoms with Gasteiger partial charge in [-0.2, -0.15) is 5.10 Å². The van der Waals surface area contributed by atoms with Crippen molar-refractivity contribution in [2.24, 2.45) is 7.05 Å². The summed E-state index contributed by atoms with van der Waals surface area (Å²) in [5.41, 5.74) is 2.38. The van der Waals surface area contributed by atoms with Crippen LogP contribution < -0.4 is 4.74 Å². The Morgan fingerprint density at radius 2 is 2.14 bits per heavy atom. The standard InChI is InChI=1S/C16H22N4O/c1-19-10-5-7-14(19)15-6-3-4-11-20(15)12-13-8-9-16(21-2)18-17-13/h5,7-10,15H,3-4,6,11-12H2,1-2H3/t15-/m1/s1. The van der Waals surface area contributed by atoms with Crippen molar-refractivity contribution in [1.29, 1.82) is 0 Å². The van der Waals surface area contributed by atoms with Crippen molar-refractivity contribution in [3.05, 3.63) is 41.9 Å². The van der Waals surface area contributed by atoms with Gasteiger partial charge in [0.05, 0.1) is 18.8 Å². The Balaban J connectivity index is 1.76. The Morgan fingerprint density at radius 3 is 2.81 bits per heavy atom. The Labute approximate surface area is 125 Å². The number of methoxy groups -OCH3 is 1. The van der Waals surface area contributed by atoms with E-state index in [0.717, 1.165) is 18.8 Å². The van der Waals surface area contributed by atoms with Gasteiger partial charge in [0.25, 0.3) is 0 Å². The molecule has 1 aliphatic rings. The van der Waals surface area contributed by atoms with Crippen LogP contribution in [0.25, 0.3) is 0 Å². The van der Waals surface area contributed by atoms with E-state index in [0.29, 0.717) is 11.9 Å². The molecule has 5 nitrogen and oxygen atoms in total. The molecule has 0 aromatic carbocycles. The van der Waals surface area contributed by atoms with Crippen LogP contribution in [0.1, 0.15) is 36.7 Å². The van der Waals surface area contributed by atoms with Gasteiger partial charge >= 0.3 is 0 Å². The Kier molecular flexibility index (Phi) is 4.20. The second kappa shape index (κ2) is 6.26. The van der Waals surface area contributed by atoms with E-state index in [1.54, 1.807) is 7.11 Å². The summed E-state index contributed by atoms with van der Waals surface area (Å²) >= 11 is 0. The van der Waals surface area contributed by atoms with Crippen LogP contribution in [0.2, 0.25) is 0 Å². The second-order valence-electron chi connectivity index (χ2n) is 5.59. The molecule has 1 saturated heterocycles. The summed E-state index contributed by atoms with van der Waals surface area (Å²) in [6.45, 7) is 1.95. The molecule has 0 radical (unpaired) electrons. The zero-order valence-electron chi connectivity index (χ0n) is 12.7. The fraction of sp³-hybridized carbons (Fsp3) is 0.500. The van der Waals surface area contributed by atoms with E-state index in [-0.39, 0.29) is 0 Å². The van der Waals surface area contributed by atoms with Gasteiger partial charge in [-0.15, -0.1) is 5.10 Å². The van der Waals surface area contributed by atoms with E-state index in [2.05, 4.69) is 45.0 Å². The van der Waals surface area contributed by atoms with E-state index in [1.807, 2.05) is 12.1 Å². The fourth-order valence-electron chi connectivity index (χ4n) is 3.08. The fourth-order valence-corrected chi connectivity index (χ4v) is 3.08. The molecule has 0 N–H and O–H groups in total. The zero-order valence-corrected chi connectivity index (χ0v) is 12.7. The molecule has 1 atom stereocenters. The molecule has 0 unspecified atom stereocenters. The molecule has 3 rings (SSSR count). The van der Waals surface area contributed by atoms with E-state index in [9.17, 15) is 0 Å². The number of likely N-dealkylation sites (tertiary alicyclic amines) is 1. The molecule has 21 heavy (non-hydrogen) atoms. The van der Waals surface area contributed by atoms with Crippen LogP contribution in [0.3, 0.4) is 0 Å². The second-order valence-corrected chi connectivity index (χ2v) is 5.59. The van der Waals surface area contributed by atoms with Gasteiger partial charge < -0.3 is 9.30 Å². The van der Waals surface area contributed by atoms with Crippen LogP contribution in [0.15, 0.2) is 30.5 Å². The predicted octanol–water partition coefficient (Wildman–Crippen LogP) is 2.55. The van der Waals surface area contributed by atoms with E-state index >= 15 is 0 Å². The average Bonchev–Trinajstić information content (AvgIpc) is 2.95. The van der Waals surface area contributed by atoms with Gasteiger partial charge in [0.15, 0.2) is 0 Å². The number of hydrogen-bond donors (Lipinski definition) is 0. The molecule has 0 aliphatic carbocycles. The number of ether oxygens (including phenoxy) is 1. The third-order valence-corrected chi connectivity index (χ3v) is 4.21. The largest absolute Gasteiger partial charge is 0.480 e. The van der Waals surface area contributed by atoms with Crippen molar-refractivity contribution in [3.63, 3.8) is 0 Å². The molecule has 0 saturated carbocycles. The molecule has 0 bridgehead atoms. The van der Waals surface area contributed by atoms with E-state index < -0.39 is 0 Å². The van der Waals surface area contributed by atoms with Crippen LogP contribution in [0.5, 0.6) is 5.88 Å². The molecule has 1 fully saturated rings. The average molecular weight is 286 g/mol. The summed E-state index contributed by atoms with van der Waals surface area (Å²) in [5.74, 6) is 0.566.